The van der Waals surface area contributed by atoms with Crippen LogP contribution in [0.5, 0.6) is 0 Å². The van der Waals surface area contributed by atoms with E-state index < -0.39 is 0 Å². The molecule has 2 N–H and O–H groups in total. The van der Waals surface area contributed by atoms with E-state index in [1.54, 1.807) is 7.05 Å². The molecular formula is C11H22IN5. The Hall–Kier alpha value is -0.790. The van der Waals surface area contributed by atoms with Crippen molar-refractivity contribution in [2.24, 2.45) is 12.0 Å². The van der Waals surface area contributed by atoms with Crippen molar-refractivity contribution in [3.8, 4) is 0 Å². The van der Waals surface area contributed by atoms with E-state index in [0.717, 1.165) is 18.9 Å². The third-order valence-electron chi connectivity index (χ3n) is 2.11. The molecule has 1 aromatic rings. The van der Waals surface area contributed by atoms with Gasteiger partial charge in [-0.15, -0.1) is 24.0 Å². The van der Waals surface area contributed by atoms with Crippen molar-refractivity contribution in [2.75, 3.05) is 13.6 Å². The molecule has 1 aromatic heterocycles. The predicted octanol–water partition coefficient (Wildman–Crippen LogP) is 1.15. The number of guanidine groups is 1. The smallest absolute Gasteiger partial charge is 0.191 e. The molecule has 0 aliphatic carbocycles. The summed E-state index contributed by atoms with van der Waals surface area (Å²) in [5.41, 5.74) is 1.23. The molecule has 6 heteroatoms. The largest absolute Gasteiger partial charge is 0.356 e. The summed E-state index contributed by atoms with van der Waals surface area (Å²) in [4.78, 5) is 4.14. The Morgan fingerprint density at radius 3 is 2.71 bits per heavy atom. The van der Waals surface area contributed by atoms with Crippen molar-refractivity contribution in [3.63, 3.8) is 0 Å². The maximum atomic E-state index is 4.14. The molecule has 98 valence electrons. The maximum Gasteiger partial charge on any atom is 0.191 e. The van der Waals surface area contributed by atoms with Crippen molar-refractivity contribution in [2.45, 2.75) is 26.3 Å². The molecule has 1 rings (SSSR count). The lowest BCUT2D eigenvalue weighted by molar-refractivity contribution is 0.698. The highest BCUT2D eigenvalue weighted by Gasteiger charge is 2.00. The van der Waals surface area contributed by atoms with E-state index in [2.05, 4.69) is 34.6 Å². The lowest BCUT2D eigenvalue weighted by Crippen LogP contribution is -2.41. The van der Waals surface area contributed by atoms with Crippen LogP contribution in [0.15, 0.2) is 17.4 Å². The summed E-state index contributed by atoms with van der Waals surface area (Å²) in [5, 5.41) is 10.6. The van der Waals surface area contributed by atoms with E-state index >= 15 is 0 Å². The molecule has 0 aromatic carbocycles. The lowest BCUT2D eigenvalue weighted by Gasteiger charge is -2.13. The Kier molecular flexibility index (Phi) is 7.94. The molecule has 0 radical (unpaired) electrons. The SMILES string of the molecule is CN=C(NCCc1cnn(C)c1)NC(C)C.I. The number of nitrogens with zero attached hydrogens (tertiary/aromatic N) is 3. The topological polar surface area (TPSA) is 54.2 Å². The first-order valence-electron chi connectivity index (χ1n) is 5.56. The van der Waals surface area contributed by atoms with E-state index in [1.807, 2.05) is 24.1 Å². The molecule has 0 atom stereocenters. The third-order valence-corrected chi connectivity index (χ3v) is 2.11. The second-order valence-corrected chi connectivity index (χ2v) is 4.07. The second-order valence-electron chi connectivity index (χ2n) is 4.07. The number of hydrogen-bond donors (Lipinski definition) is 2. The Balaban J connectivity index is 0.00000256. The van der Waals surface area contributed by atoms with E-state index in [-0.39, 0.29) is 24.0 Å². The highest BCUT2D eigenvalue weighted by Crippen LogP contribution is 1.95. The van der Waals surface area contributed by atoms with Gasteiger partial charge in [-0.1, -0.05) is 0 Å². The van der Waals surface area contributed by atoms with Crippen LogP contribution in [-0.2, 0) is 13.5 Å². The van der Waals surface area contributed by atoms with Gasteiger partial charge >= 0.3 is 0 Å². The van der Waals surface area contributed by atoms with Crippen molar-refractivity contribution in [3.05, 3.63) is 18.0 Å². The number of hydrogen-bond acceptors (Lipinski definition) is 2. The highest BCUT2D eigenvalue weighted by molar-refractivity contribution is 14.0. The second kappa shape index (κ2) is 8.32. The van der Waals surface area contributed by atoms with Crippen LogP contribution in [0.1, 0.15) is 19.4 Å². The van der Waals surface area contributed by atoms with Crippen LogP contribution in [-0.4, -0.2) is 35.4 Å². The van der Waals surface area contributed by atoms with Gasteiger partial charge in [-0.3, -0.25) is 9.67 Å². The molecule has 1 heterocycles. The quantitative estimate of drug-likeness (QED) is 0.486. The standard InChI is InChI=1S/C11H21N5.HI/c1-9(2)15-11(12-3)13-6-5-10-7-14-16(4)8-10;/h7-9H,5-6H2,1-4H3,(H2,12,13,15);1H. The number of aromatic nitrogens is 2. The third kappa shape index (κ3) is 6.50. The monoisotopic (exact) mass is 351 g/mol. The van der Waals surface area contributed by atoms with Gasteiger partial charge in [-0.2, -0.15) is 5.10 Å². The summed E-state index contributed by atoms with van der Waals surface area (Å²) in [6, 6.07) is 0.393. The molecule has 0 unspecified atom stereocenters. The fraction of sp³-hybridized carbons (Fsp3) is 0.636. The summed E-state index contributed by atoms with van der Waals surface area (Å²) >= 11 is 0. The van der Waals surface area contributed by atoms with Gasteiger partial charge in [0.15, 0.2) is 5.96 Å². The first-order valence-corrected chi connectivity index (χ1v) is 5.56. The summed E-state index contributed by atoms with van der Waals surface area (Å²) < 4.78 is 1.82. The van der Waals surface area contributed by atoms with Gasteiger partial charge in [-0.25, -0.2) is 0 Å². The van der Waals surface area contributed by atoms with Gasteiger partial charge < -0.3 is 10.6 Å². The minimum atomic E-state index is 0. The molecule has 0 aliphatic heterocycles. The van der Waals surface area contributed by atoms with E-state index in [1.165, 1.54) is 5.56 Å². The van der Waals surface area contributed by atoms with Gasteiger partial charge in [0.2, 0.25) is 0 Å². The van der Waals surface area contributed by atoms with Gasteiger partial charge in [0, 0.05) is 32.9 Å². The van der Waals surface area contributed by atoms with Crippen LogP contribution in [0.3, 0.4) is 0 Å². The van der Waals surface area contributed by atoms with Crippen molar-refractivity contribution in [1.82, 2.24) is 20.4 Å². The molecule has 0 saturated carbocycles. The van der Waals surface area contributed by atoms with Crippen LogP contribution >= 0.6 is 24.0 Å². The maximum absolute atomic E-state index is 4.14. The first-order chi connectivity index (χ1) is 7.61. The summed E-state index contributed by atoms with van der Waals surface area (Å²) in [6.07, 6.45) is 4.87. The van der Waals surface area contributed by atoms with E-state index in [9.17, 15) is 0 Å². The molecule has 5 nitrogen and oxygen atoms in total. The Bertz CT molecular complexity index is 345. The lowest BCUT2D eigenvalue weighted by atomic mass is 10.2. The first kappa shape index (κ1) is 16.2. The predicted molar refractivity (Wildman–Crippen MR) is 82.0 cm³/mol. The Morgan fingerprint density at radius 1 is 1.53 bits per heavy atom. The zero-order chi connectivity index (χ0) is 12.0. The van der Waals surface area contributed by atoms with E-state index in [4.69, 9.17) is 0 Å². The van der Waals surface area contributed by atoms with Crippen LogP contribution in [0.25, 0.3) is 0 Å². The fourth-order valence-electron chi connectivity index (χ4n) is 1.39. The van der Waals surface area contributed by atoms with Crippen molar-refractivity contribution >= 4 is 29.9 Å². The zero-order valence-corrected chi connectivity index (χ0v) is 13.2. The van der Waals surface area contributed by atoms with Crippen LogP contribution in [0.4, 0.5) is 0 Å². The zero-order valence-electron chi connectivity index (χ0n) is 10.9. The average molecular weight is 351 g/mol. The van der Waals surface area contributed by atoms with Crippen molar-refractivity contribution in [1.29, 1.82) is 0 Å². The fourth-order valence-corrected chi connectivity index (χ4v) is 1.39. The molecule has 0 bridgehead atoms. The molecule has 0 aliphatic rings. The van der Waals surface area contributed by atoms with Crippen LogP contribution in [0.2, 0.25) is 0 Å². The van der Waals surface area contributed by atoms with Crippen LogP contribution in [0, 0.1) is 0 Å². The van der Waals surface area contributed by atoms with Gasteiger partial charge in [0.1, 0.15) is 0 Å². The number of rotatable bonds is 4. The van der Waals surface area contributed by atoms with Gasteiger partial charge in [0.05, 0.1) is 6.20 Å². The highest BCUT2D eigenvalue weighted by atomic mass is 127. The molecular weight excluding hydrogens is 329 g/mol. The average Bonchev–Trinajstić information content (AvgIpc) is 2.62. The number of halogens is 1. The van der Waals surface area contributed by atoms with Gasteiger partial charge in [0.25, 0.3) is 0 Å². The molecule has 0 amide bonds. The van der Waals surface area contributed by atoms with Crippen LogP contribution < -0.4 is 10.6 Å². The Labute approximate surface area is 120 Å². The molecule has 17 heavy (non-hydrogen) atoms. The van der Waals surface area contributed by atoms with Gasteiger partial charge in [-0.05, 0) is 25.8 Å². The number of aliphatic imine (C=N–C) groups is 1. The number of aryl methyl sites for hydroxylation is 1. The number of nitrogens with one attached hydrogen (secondary N) is 2. The molecule has 0 spiro atoms. The normalized spacial score (nSPS) is 11.2. The Morgan fingerprint density at radius 2 is 2.24 bits per heavy atom. The minimum absolute atomic E-state index is 0. The summed E-state index contributed by atoms with van der Waals surface area (Å²) in [5.74, 6) is 0.846. The minimum Gasteiger partial charge on any atom is -0.356 e. The summed E-state index contributed by atoms with van der Waals surface area (Å²) in [6.45, 7) is 5.04. The van der Waals surface area contributed by atoms with Crippen molar-refractivity contribution < 1.29 is 0 Å². The molecule has 0 saturated heterocycles. The summed E-state index contributed by atoms with van der Waals surface area (Å²) in [7, 11) is 3.71. The molecule has 0 fully saturated rings. The van der Waals surface area contributed by atoms with E-state index in [0.29, 0.717) is 6.04 Å².